The van der Waals surface area contributed by atoms with Gasteiger partial charge in [0, 0.05) is 19.6 Å². The number of aryl methyl sites for hydroxylation is 1. The Hall–Kier alpha value is -0.850. The van der Waals surface area contributed by atoms with E-state index in [-0.39, 0.29) is 13.2 Å². The number of rotatable bonds is 5. The lowest BCUT2D eigenvalue weighted by atomic mass is 9.89. The van der Waals surface area contributed by atoms with Crippen molar-refractivity contribution in [1.82, 2.24) is 4.90 Å². The van der Waals surface area contributed by atoms with Crippen LogP contribution in [0.3, 0.4) is 0 Å². The van der Waals surface area contributed by atoms with Gasteiger partial charge in [0.25, 0.3) is 0 Å². The van der Waals surface area contributed by atoms with Crippen molar-refractivity contribution in [2.45, 2.75) is 56.3 Å². The number of hydrogen-bond donors (Lipinski definition) is 3. The number of likely N-dealkylation sites (tertiary alicyclic amines) is 1. The van der Waals surface area contributed by atoms with E-state index in [1.165, 1.54) is 0 Å². The zero-order chi connectivity index (χ0) is 18.1. The Balaban J connectivity index is 1.64. The molecule has 0 radical (unpaired) electrons. The van der Waals surface area contributed by atoms with Crippen molar-refractivity contribution in [1.29, 1.82) is 0 Å². The predicted octanol–water partition coefficient (Wildman–Crippen LogP) is 2.13. The second kappa shape index (κ2) is 7.41. The number of benzene rings is 1. The maximum Gasteiger partial charge on any atom is 0.138 e. The first-order valence-electron chi connectivity index (χ1n) is 9.04. The van der Waals surface area contributed by atoms with Gasteiger partial charge >= 0.3 is 0 Å². The quantitative estimate of drug-likeness (QED) is 0.741. The molecular formula is C19H28ClNO4. The lowest BCUT2D eigenvalue weighted by Gasteiger charge is -2.44. The molecule has 25 heavy (non-hydrogen) atoms. The molecule has 140 valence electrons. The number of halogens is 1. The van der Waals surface area contributed by atoms with Crippen LogP contribution in [0.4, 0.5) is 0 Å². The molecule has 3 N–H and O–H groups in total. The van der Waals surface area contributed by atoms with E-state index in [1.807, 2.05) is 24.0 Å². The summed E-state index contributed by atoms with van der Waals surface area (Å²) in [5.41, 5.74) is -1.02. The minimum atomic E-state index is -1.37. The number of nitrogens with zero attached hydrogens (tertiary/aromatic N) is 1. The van der Waals surface area contributed by atoms with Gasteiger partial charge in [0.05, 0.1) is 16.7 Å². The average molecular weight is 370 g/mol. The standard InChI is InChI=1S/C19H28ClNO4/c1-14-4-5-15(20)16(10-14)25-13-19(24)12-21(9-6-17(19)22)11-18(23)7-2-3-8-18/h4-5,10,17,22-24H,2-3,6-9,11-13H2,1H3/t17-,19-/m0/s1. The molecule has 1 aliphatic carbocycles. The van der Waals surface area contributed by atoms with Crippen LogP contribution in [0.25, 0.3) is 0 Å². The van der Waals surface area contributed by atoms with Gasteiger partial charge in [-0.15, -0.1) is 0 Å². The smallest absolute Gasteiger partial charge is 0.138 e. The summed E-state index contributed by atoms with van der Waals surface area (Å²) in [4.78, 5) is 2.04. The van der Waals surface area contributed by atoms with E-state index < -0.39 is 17.3 Å². The normalized spacial score (nSPS) is 29.7. The van der Waals surface area contributed by atoms with Crippen molar-refractivity contribution in [3.05, 3.63) is 28.8 Å². The molecule has 0 amide bonds. The Morgan fingerprint density at radius 2 is 2.00 bits per heavy atom. The van der Waals surface area contributed by atoms with Crippen LogP contribution in [-0.4, -0.2) is 63.8 Å². The first-order valence-corrected chi connectivity index (χ1v) is 9.42. The number of β-amino-alcohol motifs (C(OH)–C–C–N with tert-alkyl or cyclic N) is 2. The topological polar surface area (TPSA) is 73.2 Å². The molecule has 2 aliphatic rings. The highest BCUT2D eigenvalue weighted by atomic mass is 35.5. The fraction of sp³-hybridized carbons (Fsp3) is 0.684. The molecule has 0 unspecified atom stereocenters. The van der Waals surface area contributed by atoms with Gasteiger partial charge in [-0.1, -0.05) is 30.5 Å². The van der Waals surface area contributed by atoms with E-state index in [0.29, 0.717) is 30.3 Å². The van der Waals surface area contributed by atoms with Gasteiger partial charge in [0.1, 0.15) is 18.0 Å². The molecule has 0 spiro atoms. The highest BCUT2D eigenvalue weighted by molar-refractivity contribution is 6.32. The highest BCUT2D eigenvalue weighted by Crippen LogP contribution is 2.33. The molecule has 1 saturated carbocycles. The van der Waals surface area contributed by atoms with E-state index in [0.717, 1.165) is 31.2 Å². The fourth-order valence-electron chi connectivity index (χ4n) is 3.95. The molecule has 1 saturated heterocycles. The summed E-state index contributed by atoms with van der Waals surface area (Å²) in [6.07, 6.45) is 3.31. The third-order valence-electron chi connectivity index (χ3n) is 5.45. The van der Waals surface area contributed by atoms with Crippen molar-refractivity contribution in [2.75, 3.05) is 26.2 Å². The molecule has 0 bridgehead atoms. The second-order valence-corrected chi connectivity index (χ2v) is 8.18. The van der Waals surface area contributed by atoms with Crippen LogP contribution in [0.2, 0.25) is 5.02 Å². The monoisotopic (exact) mass is 369 g/mol. The molecule has 5 nitrogen and oxygen atoms in total. The number of hydrogen-bond acceptors (Lipinski definition) is 5. The van der Waals surface area contributed by atoms with Crippen molar-refractivity contribution in [3.8, 4) is 5.75 Å². The zero-order valence-corrected chi connectivity index (χ0v) is 15.5. The van der Waals surface area contributed by atoms with Gasteiger partial charge in [-0.05, 0) is 43.9 Å². The maximum absolute atomic E-state index is 10.9. The van der Waals surface area contributed by atoms with Gasteiger partial charge < -0.3 is 20.1 Å². The van der Waals surface area contributed by atoms with Crippen LogP contribution in [0, 0.1) is 6.92 Å². The maximum atomic E-state index is 10.9. The van der Waals surface area contributed by atoms with Gasteiger partial charge in [-0.2, -0.15) is 0 Å². The molecule has 2 atom stereocenters. The molecule has 1 aromatic carbocycles. The third kappa shape index (κ3) is 4.47. The average Bonchev–Trinajstić information content (AvgIpc) is 2.98. The predicted molar refractivity (Wildman–Crippen MR) is 97.1 cm³/mol. The van der Waals surface area contributed by atoms with Gasteiger partial charge in [-0.3, -0.25) is 4.90 Å². The number of ether oxygens (including phenoxy) is 1. The summed E-state index contributed by atoms with van der Waals surface area (Å²) in [5, 5.41) is 32.4. The minimum Gasteiger partial charge on any atom is -0.489 e. The van der Waals surface area contributed by atoms with Crippen LogP contribution >= 0.6 is 11.6 Å². The summed E-state index contributed by atoms with van der Waals surface area (Å²) in [5.74, 6) is 0.508. The van der Waals surface area contributed by atoms with E-state index in [2.05, 4.69) is 0 Å². The Labute approximate surface area is 154 Å². The summed E-state index contributed by atoms with van der Waals surface area (Å²) in [6.45, 7) is 3.38. The summed E-state index contributed by atoms with van der Waals surface area (Å²) < 4.78 is 5.74. The molecule has 3 rings (SSSR count). The van der Waals surface area contributed by atoms with E-state index in [4.69, 9.17) is 16.3 Å². The largest absolute Gasteiger partial charge is 0.489 e. The van der Waals surface area contributed by atoms with Crippen molar-refractivity contribution >= 4 is 11.6 Å². The molecule has 1 heterocycles. The van der Waals surface area contributed by atoms with E-state index in [9.17, 15) is 15.3 Å². The molecule has 6 heteroatoms. The Morgan fingerprint density at radius 1 is 1.28 bits per heavy atom. The van der Waals surface area contributed by atoms with Crippen LogP contribution < -0.4 is 4.74 Å². The molecular weight excluding hydrogens is 342 g/mol. The Morgan fingerprint density at radius 3 is 2.72 bits per heavy atom. The summed E-state index contributed by atoms with van der Waals surface area (Å²) in [6, 6.07) is 5.47. The Kier molecular flexibility index (Phi) is 5.61. The lowest BCUT2D eigenvalue weighted by molar-refractivity contribution is -0.147. The van der Waals surface area contributed by atoms with Crippen LogP contribution in [0.15, 0.2) is 18.2 Å². The summed E-state index contributed by atoms with van der Waals surface area (Å²) in [7, 11) is 0. The van der Waals surface area contributed by atoms with Crippen LogP contribution in [-0.2, 0) is 0 Å². The molecule has 0 aromatic heterocycles. The zero-order valence-electron chi connectivity index (χ0n) is 14.7. The fourth-order valence-corrected chi connectivity index (χ4v) is 4.13. The van der Waals surface area contributed by atoms with Crippen molar-refractivity contribution in [2.24, 2.45) is 0 Å². The van der Waals surface area contributed by atoms with Crippen molar-refractivity contribution in [3.63, 3.8) is 0 Å². The minimum absolute atomic E-state index is 0.0354. The highest BCUT2D eigenvalue weighted by Gasteiger charge is 2.44. The third-order valence-corrected chi connectivity index (χ3v) is 5.77. The molecule has 1 aliphatic heterocycles. The molecule has 1 aromatic rings. The van der Waals surface area contributed by atoms with Gasteiger partial charge in [0.15, 0.2) is 0 Å². The van der Waals surface area contributed by atoms with Gasteiger partial charge in [-0.25, -0.2) is 0 Å². The first kappa shape index (κ1) is 18.9. The van der Waals surface area contributed by atoms with Gasteiger partial charge in [0.2, 0.25) is 0 Å². The first-order chi connectivity index (χ1) is 11.8. The SMILES string of the molecule is Cc1ccc(Cl)c(OC[C@@]2(O)CN(CC3(O)CCCC3)CC[C@@H]2O)c1. The lowest BCUT2D eigenvalue weighted by Crippen LogP contribution is -2.61. The number of aliphatic hydroxyl groups is 3. The van der Waals surface area contributed by atoms with E-state index >= 15 is 0 Å². The Bertz CT molecular complexity index is 605. The number of piperidine rings is 1. The van der Waals surface area contributed by atoms with Crippen LogP contribution in [0.5, 0.6) is 5.75 Å². The van der Waals surface area contributed by atoms with E-state index in [1.54, 1.807) is 6.07 Å². The molecule has 2 fully saturated rings. The number of aliphatic hydroxyl groups excluding tert-OH is 1. The van der Waals surface area contributed by atoms with Crippen LogP contribution in [0.1, 0.15) is 37.7 Å². The van der Waals surface area contributed by atoms with Crippen molar-refractivity contribution < 1.29 is 20.1 Å². The second-order valence-electron chi connectivity index (χ2n) is 7.77. The summed E-state index contributed by atoms with van der Waals surface area (Å²) >= 11 is 6.14.